The molecule has 0 atom stereocenters. The van der Waals surface area contributed by atoms with Gasteiger partial charge in [-0.3, -0.25) is 0 Å². The molecule has 0 aliphatic rings. The summed E-state index contributed by atoms with van der Waals surface area (Å²) >= 11 is 0. The summed E-state index contributed by atoms with van der Waals surface area (Å²) < 4.78 is 10.9. The molecule has 0 bridgehead atoms. The molecule has 0 fully saturated rings. The lowest BCUT2D eigenvalue weighted by Gasteiger charge is -2.13. The molecule has 6 aromatic carbocycles. The van der Waals surface area contributed by atoms with Gasteiger partial charge in [0.15, 0.2) is 0 Å². The van der Waals surface area contributed by atoms with E-state index < -0.39 is 0 Å². The van der Waals surface area contributed by atoms with Crippen molar-refractivity contribution in [2.75, 3.05) is 0 Å². The van der Waals surface area contributed by atoms with E-state index in [0.29, 0.717) is 11.1 Å². The van der Waals surface area contributed by atoms with Crippen molar-refractivity contribution in [2.24, 2.45) is 0 Å². The Morgan fingerprint density at radius 3 is 1.84 bits per heavy atom. The van der Waals surface area contributed by atoms with Gasteiger partial charge >= 0.3 is 0 Å². The highest BCUT2D eigenvalue weighted by atomic mass is 16.3. The Kier molecular flexibility index (Phi) is 4.68. The molecule has 0 aliphatic carbocycles. The number of hydrogen-bond donors (Lipinski definition) is 0. The molecule has 3 heterocycles. The van der Waals surface area contributed by atoms with Gasteiger partial charge in [-0.1, -0.05) is 42.5 Å². The average molecular weight is 549 g/mol. The van der Waals surface area contributed by atoms with Gasteiger partial charge in [0.2, 0.25) is 0 Å². The molecule has 0 saturated heterocycles. The van der Waals surface area contributed by atoms with Crippen LogP contribution in [0.15, 0.2) is 126 Å². The van der Waals surface area contributed by atoms with Gasteiger partial charge in [0.05, 0.1) is 50.7 Å². The largest absolute Gasteiger partial charge is 0.456 e. The second kappa shape index (κ2) is 8.60. The summed E-state index contributed by atoms with van der Waals surface area (Å²) in [4.78, 5) is 0. The molecule has 0 aliphatic heterocycles. The Morgan fingerprint density at radius 1 is 0.465 bits per heavy atom. The fraction of sp³-hybridized carbons (Fsp3) is 0. The Balaban J connectivity index is 1.40. The van der Waals surface area contributed by atoms with Crippen molar-refractivity contribution in [3.8, 4) is 23.5 Å². The van der Waals surface area contributed by atoms with Crippen molar-refractivity contribution in [1.82, 2.24) is 9.13 Å². The van der Waals surface area contributed by atoms with Crippen LogP contribution in [-0.2, 0) is 0 Å². The highest BCUT2D eigenvalue weighted by molar-refractivity contribution is 6.24. The minimum atomic E-state index is 0.600. The van der Waals surface area contributed by atoms with Crippen LogP contribution in [0.4, 0.5) is 0 Å². The van der Waals surface area contributed by atoms with Crippen molar-refractivity contribution in [2.45, 2.75) is 0 Å². The molecule has 0 unspecified atom stereocenters. The zero-order valence-electron chi connectivity index (χ0n) is 22.7. The standard InChI is InChI=1S/C38H20N4O/c39-21-23-12-15-34-30(18-23)28-9-2-3-10-32(28)41(34)25-6-5-7-26(20-25)42-33-11-4-1-8-27(33)29-14-17-36-37(38(29)42)31-19-24(22-40)13-16-35(31)43-36/h1-20H. The van der Waals surface area contributed by atoms with Crippen molar-refractivity contribution >= 4 is 65.6 Å². The van der Waals surface area contributed by atoms with Crippen LogP contribution in [0.25, 0.3) is 76.9 Å². The summed E-state index contributed by atoms with van der Waals surface area (Å²) in [5, 5.41) is 25.6. The molecule has 5 heteroatoms. The lowest BCUT2D eigenvalue weighted by atomic mass is 10.1. The minimum absolute atomic E-state index is 0.600. The molecular weight excluding hydrogens is 528 g/mol. The zero-order chi connectivity index (χ0) is 28.7. The number of hydrogen-bond acceptors (Lipinski definition) is 3. The fourth-order valence-corrected chi connectivity index (χ4v) is 6.75. The molecule has 0 saturated carbocycles. The topological polar surface area (TPSA) is 70.6 Å². The Hall–Kier alpha value is -6.30. The van der Waals surface area contributed by atoms with E-state index in [1.165, 1.54) is 0 Å². The Bertz CT molecular complexity index is 2710. The van der Waals surface area contributed by atoms with Crippen molar-refractivity contribution < 1.29 is 4.42 Å². The molecule has 0 radical (unpaired) electrons. The number of rotatable bonds is 2. The van der Waals surface area contributed by atoms with Crippen molar-refractivity contribution in [3.05, 3.63) is 132 Å². The predicted molar refractivity (Wildman–Crippen MR) is 172 cm³/mol. The number of nitriles is 2. The van der Waals surface area contributed by atoms with E-state index in [-0.39, 0.29) is 0 Å². The monoisotopic (exact) mass is 548 g/mol. The Labute approximate surface area is 245 Å². The van der Waals surface area contributed by atoms with E-state index >= 15 is 0 Å². The van der Waals surface area contributed by atoms with Crippen molar-refractivity contribution in [3.63, 3.8) is 0 Å². The quantitative estimate of drug-likeness (QED) is 0.216. The van der Waals surface area contributed by atoms with E-state index in [9.17, 15) is 10.5 Å². The minimum Gasteiger partial charge on any atom is -0.456 e. The smallest absolute Gasteiger partial charge is 0.137 e. The van der Waals surface area contributed by atoms with Gasteiger partial charge in [0.1, 0.15) is 11.2 Å². The second-order valence-electron chi connectivity index (χ2n) is 10.8. The Morgan fingerprint density at radius 2 is 1.07 bits per heavy atom. The van der Waals surface area contributed by atoms with Gasteiger partial charge < -0.3 is 13.6 Å². The molecule has 9 rings (SSSR count). The third kappa shape index (κ3) is 3.19. The summed E-state index contributed by atoms with van der Waals surface area (Å²) in [5.41, 5.74) is 9.10. The summed E-state index contributed by atoms with van der Waals surface area (Å²) in [6.45, 7) is 0. The predicted octanol–water partition coefficient (Wildman–Crippen LogP) is 9.52. The van der Waals surface area contributed by atoms with E-state index in [2.05, 4.69) is 94.1 Å². The van der Waals surface area contributed by atoms with Crippen LogP contribution < -0.4 is 0 Å². The second-order valence-corrected chi connectivity index (χ2v) is 10.8. The van der Waals surface area contributed by atoms with Crippen LogP contribution in [0, 0.1) is 22.7 Å². The van der Waals surface area contributed by atoms with E-state index in [4.69, 9.17) is 4.42 Å². The van der Waals surface area contributed by atoms with Gasteiger partial charge in [-0.25, -0.2) is 0 Å². The maximum Gasteiger partial charge on any atom is 0.137 e. The third-order valence-electron chi connectivity index (χ3n) is 8.54. The number of fused-ring (bicyclic) bond motifs is 10. The maximum absolute atomic E-state index is 9.66. The van der Waals surface area contributed by atoms with Crippen LogP contribution >= 0.6 is 0 Å². The number of aromatic nitrogens is 2. The third-order valence-corrected chi connectivity index (χ3v) is 8.54. The van der Waals surface area contributed by atoms with Gasteiger partial charge in [-0.05, 0) is 78.9 Å². The fourth-order valence-electron chi connectivity index (χ4n) is 6.75. The van der Waals surface area contributed by atoms with Crippen LogP contribution in [0.5, 0.6) is 0 Å². The zero-order valence-corrected chi connectivity index (χ0v) is 22.7. The molecular formula is C38H20N4O. The van der Waals surface area contributed by atoms with E-state index in [1.807, 2.05) is 42.5 Å². The highest BCUT2D eigenvalue weighted by Crippen LogP contribution is 2.41. The first kappa shape index (κ1) is 23.4. The van der Waals surface area contributed by atoms with Gasteiger partial charge in [0, 0.05) is 38.3 Å². The molecule has 0 amide bonds. The molecule has 9 aromatic rings. The number of furan rings is 1. The van der Waals surface area contributed by atoms with Gasteiger partial charge in [0.25, 0.3) is 0 Å². The first-order chi connectivity index (χ1) is 21.2. The summed E-state index contributed by atoms with van der Waals surface area (Å²) in [6.07, 6.45) is 0. The van der Waals surface area contributed by atoms with Crippen LogP contribution in [0.3, 0.4) is 0 Å². The highest BCUT2D eigenvalue weighted by Gasteiger charge is 2.20. The summed E-state index contributed by atoms with van der Waals surface area (Å²) in [6, 6.07) is 45.6. The number of para-hydroxylation sites is 2. The van der Waals surface area contributed by atoms with Crippen LogP contribution in [-0.4, -0.2) is 9.13 Å². The molecule has 0 N–H and O–H groups in total. The first-order valence-corrected chi connectivity index (χ1v) is 14.1. The molecule has 198 valence electrons. The van der Waals surface area contributed by atoms with E-state index in [0.717, 1.165) is 76.9 Å². The van der Waals surface area contributed by atoms with Gasteiger partial charge in [-0.15, -0.1) is 0 Å². The number of benzene rings is 6. The molecule has 0 spiro atoms. The normalized spacial score (nSPS) is 11.7. The SMILES string of the molecule is N#Cc1ccc2oc3ccc4c5ccccc5n(-c5cccc(-n6c7ccccc7c7cc(C#N)ccc76)c5)c4c3c2c1. The molecule has 3 aromatic heterocycles. The van der Waals surface area contributed by atoms with Crippen molar-refractivity contribution in [1.29, 1.82) is 10.5 Å². The molecule has 5 nitrogen and oxygen atoms in total. The number of nitrogens with zero attached hydrogens (tertiary/aromatic N) is 4. The van der Waals surface area contributed by atoms with Crippen LogP contribution in [0.1, 0.15) is 11.1 Å². The van der Waals surface area contributed by atoms with Crippen LogP contribution in [0.2, 0.25) is 0 Å². The average Bonchev–Trinajstić information content (AvgIpc) is 3.71. The van der Waals surface area contributed by atoms with E-state index in [1.54, 1.807) is 6.07 Å². The lowest BCUT2D eigenvalue weighted by molar-refractivity contribution is 0.669. The summed E-state index contributed by atoms with van der Waals surface area (Å²) in [5.74, 6) is 0. The van der Waals surface area contributed by atoms with Gasteiger partial charge in [-0.2, -0.15) is 10.5 Å². The first-order valence-electron chi connectivity index (χ1n) is 14.1. The lowest BCUT2D eigenvalue weighted by Crippen LogP contribution is -1.98. The maximum atomic E-state index is 9.66. The molecule has 43 heavy (non-hydrogen) atoms. The summed E-state index contributed by atoms with van der Waals surface area (Å²) in [7, 11) is 0.